The first kappa shape index (κ1) is 14.7. The van der Waals surface area contributed by atoms with Crippen molar-refractivity contribution in [2.24, 2.45) is 0 Å². The number of fused-ring (bicyclic) bond motifs is 1. The lowest BCUT2D eigenvalue weighted by Gasteiger charge is -2.13. The zero-order chi connectivity index (χ0) is 15.9. The van der Waals surface area contributed by atoms with Crippen molar-refractivity contribution in [3.63, 3.8) is 0 Å². The summed E-state index contributed by atoms with van der Waals surface area (Å²) in [4.78, 5) is 11.9. The monoisotopic (exact) mass is 338 g/mol. The summed E-state index contributed by atoms with van der Waals surface area (Å²) in [6.45, 7) is 0. The van der Waals surface area contributed by atoms with Crippen LogP contribution in [-0.2, 0) is 10.2 Å². The number of rotatable bonds is 2. The molecule has 1 aromatic heterocycles. The van der Waals surface area contributed by atoms with Crippen molar-refractivity contribution in [3.05, 3.63) is 35.7 Å². The number of thiophene rings is 1. The van der Waals surface area contributed by atoms with E-state index in [1.165, 1.54) is 34.0 Å². The van der Waals surface area contributed by atoms with Gasteiger partial charge in [-0.25, -0.2) is 4.79 Å². The Balaban J connectivity index is 1.81. The van der Waals surface area contributed by atoms with Crippen molar-refractivity contribution in [1.82, 2.24) is 0 Å². The first-order chi connectivity index (χ1) is 10.4. The van der Waals surface area contributed by atoms with Crippen molar-refractivity contribution in [2.75, 3.05) is 33.3 Å². The number of benzene rings is 1. The molecule has 1 aliphatic heterocycles. The van der Waals surface area contributed by atoms with Crippen LogP contribution in [0.5, 0.6) is 0 Å². The van der Waals surface area contributed by atoms with Gasteiger partial charge in [-0.15, -0.1) is 11.3 Å². The molecule has 0 saturated heterocycles. The van der Waals surface area contributed by atoms with E-state index in [2.05, 4.69) is 10.6 Å². The fourth-order valence-corrected chi connectivity index (χ4v) is 3.95. The molecule has 1 aromatic carbocycles. The number of hydrogen-bond acceptors (Lipinski definition) is 4. The summed E-state index contributed by atoms with van der Waals surface area (Å²) in [6, 6.07) is 8.21. The van der Waals surface area contributed by atoms with Crippen LogP contribution in [0.4, 0.5) is 26.9 Å². The Morgan fingerprint density at radius 3 is 2.50 bits per heavy atom. The van der Waals surface area contributed by atoms with Crippen LogP contribution in [0.3, 0.4) is 0 Å². The van der Waals surface area contributed by atoms with E-state index in [0.717, 1.165) is 5.00 Å². The lowest BCUT2D eigenvalue weighted by atomic mass is 10.2. The first-order valence-electron chi connectivity index (χ1n) is 6.38. The van der Waals surface area contributed by atoms with E-state index >= 15 is 0 Å². The molecule has 0 saturated carbocycles. The number of amides is 2. The molecule has 2 N–H and O–H groups in total. The first-order valence-corrected chi connectivity index (χ1v) is 8.65. The van der Waals surface area contributed by atoms with Crippen molar-refractivity contribution in [1.29, 1.82) is 0 Å². The molecule has 0 unspecified atom stereocenters. The molecule has 0 radical (unpaired) electrons. The Morgan fingerprint density at radius 2 is 1.82 bits per heavy atom. The summed E-state index contributed by atoms with van der Waals surface area (Å²) in [5.41, 5.74) is 1.62. The minimum atomic E-state index is -3.51. The number of carbonyl (C=O) groups is 1. The highest BCUT2D eigenvalue weighted by molar-refractivity contribution is 7.94. The van der Waals surface area contributed by atoms with E-state index in [1.54, 1.807) is 24.3 Å². The SMILES string of the molecule is CN1c2ccc(NC(=O)Nc3cccs3)cc2N(C)S1(=O)=O. The van der Waals surface area contributed by atoms with Gasteiger partial charge in [-0.3, -0.25) is 13.9 Å². The second kappa shape index (κ2) is 5.18. The average molecular weight is 338 g/mol. The molecule has 0 bridgehead atoms. The molecule has 22 heavy (non-hydrogen) atoms. The van der Waals surface area contributed by atoms with Gasteiger partial charge >= 0.3 is 16.2 Å². The highest BCUT2D eigenvalue weighted by atomic mass is 32.2. The third-order valence-electron chi connectivity index (χ3n) is 3.36. The lowest BCUT2D eigenvalue weighted by Crippen LogP contribution is -2.32. The van der Waals surface area contributed by atoms with E-state index in [-0.39, 0.29) is 6.03 Å². The minimum Gasteiger partial charge on any atom is -0.308 e. The molecule has 7 nitrogen and oxygen atoms in total. The van der Waals surface area contributed by atoms with Crippen LogP contribution in [0, 0.1) is 0 Å². The van der Waals surface area contributed by atoms with Gasteiger partial charge in [0.05, 0.1) is 16.4 Å². The Hall–Kier alpha value is -2.26. The molecule has 0 aliphatic carbocycles. The third-order valence-corrected chi connectivity index (χ3v) is 5.92. The number of nitrogens with one attached hydrogen (secondary N) is 2. The van der Waals surface area contributed by atoms with Crippen molar-refractivity contribution >= 4 is 49.6 Å². The van der Waals surface area contributed by atoms with E-state index in [0.29, 0.717) is 17.1 Å². The van der Waals surface area contributed by atoms with Gasteiger partial charge < -0.3 is 5.32 Å². The second-order valence-electron chi connectivity index (χ2n) is 4.70. The zero-order valence-electron chi connectivity index (χ0n) is 11.9. The fourth-order valence-electron chi connectivity index (χ4n) is 2.18. The predicted octanol–water partition coefficient (Wildman–Crippen LogP) is 2.52. The Labute approximate surface area is 132 Å². The normalized spacial score (nSPS) is 15.5. The van der Waals surface area contributed by atoms with Crippen molar-refractivity contribution in [3.8, 4) is 0 Å². The molecule has 1 aliphatic rings. The molecule has 3 rings (SSSR count). The zero-order valence-corrected chi connectivity index (χ0v) is 13.5. The predicted molar refractivity (Wildman–Crippen MR) is 89.1 cm³/mol. The van der Waals surface area contributed by atoms with Gasteiger partial charge in [0.1, 0.15) is 0 Å². The summed E-state index contributed by atoms with van der Waals surface area (Å²) in [5.74, 6) is 0. The topological polar surface area (TPSA) is 81.8 Å². The standard InChI is InChI=1S/C13H14N4O3S2/c1-16-10-6-5-9(8-11(10)17(2)22(16,19)20)14-13(18)15-12-4-3-7-21-12/h3-8H,1-2H3,(H2,14,15,18). The number of nitrogens with zero attached hydrogens (tertiary/aromatic N) is 2. The lowest BCUT2D eigenvalue weighted by molar-refractivity contribution is 0.262. The Kier molecular flexibility index (Phi) is 3.45. The molecule has 9 heteroatoms. The van der Waals surface area contributed by atoms with Crippen LogP contribution in [0.2, 0.25) is 0 Å². The maximum absolute atomic E-state index is 12.0. The smallest absolute Gasteiger partial charge is 0.308 e. The van der Waals surface area contributed by atoms with E-state index in [9.17, 15) is 13.2 Å². The summed E-state index contributed by atoms with van der Waals surface area (Å²) in [6.07, 6.45) is 0. The molecule has 116 valence electrons. The molecule has 0 fully saturated rings. The number of urea groups is 1. The van der Waals surface area contributed by atoms with E-state index < -0.39 is 10.2 Å². The van der Waals surface area contributed by atoms with Crippen LogP contribution in [0.25, 0.3) is 0 Å². The van der Waals surface area contributed by atoms with E-state index in [1.807, 2.05) is 11.4 Å². The number of carbonyl (C=O) groups excluding carboxylic acids is 1. The summed E-state index contributed by atoms with van der Waals surface area (Å²) in [7, 11) is -0.535. The molecule has 0 atom stereocenters. The van der Waals surface area contributed by atoms with Crippen LogP contribution in [0.15, 0.2) is 35.7 Å². The van der Waals surface area contributed by atoms with Crippen LogP contribution in [0.1, 0.15) is 0 Å². The van der Waals surface area contributed by atoms with Crippen LogP contribution < -0.4 is 19.2 Å². The second-order valence-corrected chi connectivity index (χ2v) is 7.64. The van der Waals surface area contributed by atoms with Gasteiger partial charge in [0.2, 0.25) is 0 Å². The fraction of sp³-hybridized carbons (Fsp3) is 0.154. The van der Waals surface area contributed by atoms with Crippen LogP contribution >= 0.6 is 11.3 Å². The third kappa shape index (κ3) is 2.38. The van der Waals surface area contributed by atoms with Crippen LogP contribution in [-0.4, -0.2) is 28.5 Å². The molecule has 2 heterocycles. The van der Waals surface area contributed by atoms with Gasteiger partial charge in [0.25, 0.3) is 0 Å². The average Bonchev–Trinajstić information content (AvgIpc) is 3.02. The number of hydrogen-bond donors (Lipinski definition) is 2. The maximum Gasteiger partial charge on any atom is 0.326 e. The highest BCUT2D eigenvalue weighted by Gasteiger charge is 2.35. The van der Waals surface area contributed by atoms with Gasteiger partial charge in [-0.2, -0.15) is 8.42 Å². The maximum atomic E-state index is 12.0. The molecule has 0 spiro atoms. The van der Waals surface area contributed by atoms with Gasteiger partial charge in [-0.05, 0) is 35.7 Å². The largest absolute Gasteiger partial charge is 0.326 e. The minimum absolute atomic E-state index is 0.376. The van der Waals surface area contributed by atoms with E-state index in [4.69, 9.17) is 0 Å². The van der Waals surface area contributed by atoms with Gasteiger partial charge in [-0.1, -0.05) is 0 Å². The quantitative estimate of drug-likeness (QED) is 0.883. The molecular formula is C13H14N4O3S2. The summed E-state index contributed by atoms with van der Waals surface area (Å²) in [5, 5.41) is 7.99. The Bertz CT molecular complexity index is 818. The number of anilines is 4. The molecule has 2 amide bonds. The molecular weight excluding hydrogens is 324 g/mol. The van der Waals surface area contributed by atoms with Crippen molar-refractivity contribution in [2.45, 2.75) is 0 Å². The summed E-state index contributed by atoms with van der Waals surface area (Å²) >= 11 is 1.42. The van der Waals surface area contributed by atoms with Gasteiger partial charge in [0.15, 0.2) is 0 Å². The van der Waals surface area contributed by atoms with Gasteiger partial charge in [0, 0.05) is 19.8 Å². The Morgan fingerprint density at radius 1 is 1.09 bits per heavy atom. The van der Waals surface area contributed by atoms with Crippen molar-refractivity contribution < 1.29 is 13.2 Å². The summed E-state index contributed by atoms with van der Waals surface area (Å²) < 4.78 is 26.5. The molecule has 2 aromatic rings. The highest BCUT2D eigenvalue weighted by Crippen LogP contribution is 2.40.